The molecule has 0 bridgehead atoms. The summed E-state index contributed by atoms with van der Waals surface area (Å²) in [5.41, 5.74) is 4.25. The third-order valence-electron chi connectivity index (χ3n) is 3.70. The lowest BCUT2D eigenvalue weighted by molar-refractivity contribution is -0.149. The van der Waals surface area contributed by atoms with Crippen molar-refractivity contribution in [3.8, 4) is 11.5 Å². The lowest BCUT2D eigenvalue weighted by Gasteiger charge is -2.08. The molecule has 10 nitrogen and oxygen atoms in total. The van der Waals surface area contributed by atoms with Crippen molar-refractivity contribution in [1.29, 1.82) is 0 Å². The SMILES string of the molecule is O=C(COC(=O)Cn1nc(-c2ccccc2)oc1=O)NNC(=O)c1ccccc1F. The van der Waals surface area contributed by atoms with Crippen molar-refractivity contribution >= 4 is 17.8 Å². The number of nitrogens with one attached hydrogen (secondary N) is 2. The highest BCUT2D eigenvalue weighted by Gasteiger charge is 2.16. The van der Waals surface area contributed by atoms with Crippen LogP contribution in [0.25, 0.3) is 11.5 Å². The molecular weight excluding hydrogens is 399 g/mol. The quantitative estimate of drug-likeness (QED) is 0.447. The largest absolute Gasteiger partial charge is 0.454 e. The number of rotatable bonds is 6. The Balaban J connectivity index is 1.47. The molecule has 11 heteroatoms. The topological polar surface area (TPSA) is 133 Å². The molecule has 0 saturated heterocycles. The first-order chi connectivity index (χ1) is 14.4. The molecule has 3 aromatic rings. The zero-order chi connectivity index (χ0) is 21.5. The number of ether oxygens (including phenoxy) is 1. The van der Waals surface area contributed by atoms with Crippen LogP contribution < -0.4 is 16.6 Å². The number of amides is 2. The van der Waals surface area contributed by atoms with E-state index in [0.29, 0.717) is 5.56 Å². The first kappa shape index (κ1) is 20.5. The second-order valence-electron chi connectivity index (χ2n) is 5.84. The summed E-state index contributed by atoms with van der Waals surface area (Å²) >= 11 is 0. The number of halogens is 1. The molecule has 0 radical (unpaired) electrons. The van der Waals surface area contributed by atoms with E-state index in [4.69, 9.17) is 9.15 Å². The van der Waals surface area contributed by atoms with Crippen molar-refractivity contribution in [2.45, 2.75) is 6.54 Å². The van der Waals surface area contributed by atoms with Gasteiger partial charge in [0.15, 0.2) is 6.61 Å². The van der Waals surface area contributed by atoms with E-state index < -0.39 is 42.5 Å². The van der Waals surface area contributed by atoms with Gasteiger partial charge in [0.05, 0.1) is 5.56 Å². The third-order valence-corrected chi connectivity index (χ3v) is 3.70. The summed E-state index contributed by atoms with van der Waals surface area (Å²) < 4.78 is 23.9. The molecule has 0 spiro atoms. The Kier molecular flexibility index (Phi) is 6.33. The fourth-order valence-corrected chi connectivity index (χ4v) is 2.29. The highest BCUT2D eigenvalue weighted by atomic mass is 19.1. The van der Waals surface area contributed by atoms with Gasteiger partial charge in [-0.2, -0.15) is 4.68 Å². The van der Waals surface area contributed by atoms with E-state index in [0.717, 1.165) is 10.7 Å². The molecule has 0 saturated carbocycles. The van der Waals surface area contributed by atoms with Gasteiger partial charge in [-0.25, -0.2) is 9.18 Å². The van der Waals surface area contributed by atoms with E-state index in [2.05, 4.69) is 5.10 Å². The van der Waals surface area contributed by atoms with E-state index in [1.165, 1.54) is 18.2 Å². The van der Waals surface area contributed by atoms with Gasteiger partial charge in [-0.05, 0) is 24.3 Å². The van der Waals surface area contributed by atoms with Crippen LogP contribution in [0.4, 0.5) is 4.39 Å². The van der Waals surface area contributed by atoms with Crippen LogP contribution in [0, 0.1) is 5.82 Å². The van der Waals surface area contributed by atoms with Crippen LogP contribution in [0.1, 0.15) is 10.4 Å². The molecular formula is C19H15FN4O6. The Morgan fingerprint density at radius 1 is 1.03 bits per heavy atom. The Hall–Kier alpha value is -4.28. The average Bonchev–Trinajstić information content (AvgIpc) is 3.11. The van der Waals surface area contributed by atoms with Gasteiger partial charge in [-0.1, -0.05) is 30.3 Å². The maximum atomic E-state index is 13.5. The maximum Gasteiger partial charge on any atom is 0.437 e. The van der Waals surface area contributed by atoms with Crippen molar-refractivity contribution in [1.82, 2.24) is 20.6 Å². The van der Waals surface area contributed by atoms with Crippen LogP contribution in [0.2, 0.25) is 0 Å². The number of hydrogen-bond donors (Lipinski definition) is 2. The molecule has 1 aromatic heterocycles. The molecule has 0 aliphatic heterocycles. The van der Waals surface area contributed by atoms with Crippen LogP contribution in [0.15, 0.2) is 63.8 Å². The Morgan fingerprint density at radius 3 is 2.47 bits per heavy atom. The van der Waals surface area contributed by atoms with Gasteiger partial charge < -0.3 is 9.15 Å². The molecule has 2 amide bonds. The van der Waals surface area contributed by atoms with Gasteiger partial charge in [-0.3, -0.25) is 25.2 Å². The molecule has 0 fully saturated rings. The van der Waals surface area contributed by atoms with Crippen LogP contribution in [-0.2, 0) is 20.9 Å². The number of aromatic nitrogens is 2. The Bertz CT molecular complexity index is 1130. The first-order valence-electron chi connectivity index (χ1n) is 8.57. The fourth-order valence-electron chi connectivity index (χ4n) is 2.29. The standard InChI is InChI=1S/C19H15FN4O6/c20-14-9-5-4-8-13(14)17(27)22-21-15(25)11-29-16(26)10-24-19(28)30-18(23-24)12-6-2-1-3-7-12/h1-9H,10-11H2,(H,21,25)(H,22,27). The number of carbonyl (C=O) groups is 3. The summed E-state index contributed by atoms with van der Waals surface area (Å²) in [5.74, 6) is -4.28. The fraction of sp³-hybridized carbons (Fsp3) is 0.105. The van der Waals surface area contributed by atoms with Crippen LogP contribution in [-0.4, -0.2) is 34.2 Å². The molecule has 30 heavy (non-hydrogen) atoms. The molecule has 154 valence electrons. The summed E-state index contributed by atoms with van der Waals surface area (Å²) in [4.78, 5) is 47.1. The van der Waals surface area contributed by atoms with Gasteiger partial charge in [0.25, 0.3) is 11.8 Å². The summed E-state index contributed by atoms with van der Waals surface area (Å²) in [7, 11) is 0. The Labute approximate surface area is 168 Å². The second kappa shape index (κ2) is 9.28. The van der Waals surface area contributed by atoms with Crippen molar-refractivity contribution in [3.63, 3.8) is 0 Å². The molecule has 0 unspecified atom stereocenters. The van der Waals surface area contributed by atoms with E-state index in [9.17, 15) is 23.6 Å². The number of hydrogen-bond acceptors (Lipinski definition) is 7. The molecule has 2 N–H and O–H groups in total. The number of hydrazine groups is 1. The minimum Gasteiger partial charge on any atom is -0.454 e. The van der Waals surface area contributed by atoms with Crippen molar-refractivity contribution in [2.75, 3.05) is 6.61 Å². The molecule has 0 atom stereocenters. The van der Waals surface area contributed by atoms with Crippen LogP contribution >= 0.6 is 0 Å². The van der Waals surface area contributed by atoms with Gasteiger partial charge in [0.2, 0.25) is 5.89 Å². The first-order valence-corrected chi connectivity index (χ1v) is 8.57. The van der Waals surface area contributed by atoms with Crippen molar-refractivity contribution < 1.29 is 27.9 Å². The summed E-state index contributed by atoms with van der Waals surface area (Å²) in [6.45, 7) is -1.32. The zero-order valence-corrected chi connectivity index (χ0v) is 15.3. The van der Waals surface area contributed by atoms with Gasteiger partial charge >= 0.3 is 11.7 Å². The van der Waals surface area contributed by atoms with Gasteiger partial charge in [0.1, 0.15) is 12.4 Å². The summed E-state index contributed by atoms with van der Waals surface area (Å²) in [6.07, 6.45) is 0. The lowest BCUT2D eigenvalue weighted by Crippen LogP contribution is -2.44. The molecule has 0 aliphatic rings. The molecule has 0 aliphatic carbocycles. The monoisotopic (exact) mass is 414 g/mol. The third kappa shape index (κ3) is 5.16. The van der Waals surface area contributed by atoms with Gasteiger partial charge in [0, 0.05) is 5.56 Å². The second-order valence-corrected chi connectivity index (χ2v) is 5.84. The maximum absolute atomic E-state index is 13.5. The predicted molar refractivity (Wildman–Crippen MR) is 99.2 cm³/mol. The summed E-state index contributed by atoms with van der Waals surface area (Å²) in [6, 6.07) is 13.8. The normalized spacial score (nSPS) is 10.3. The molecule has 1 heterocycles. The molecule has 2 aromatic carbocycles. The minimum atomic E-state index is -0.930. The highest BCUT2D eigenvalue weighted by molar-refractivity contribution is 5.95. The minimum absolute atomic E-state index is 0.0296. The van der Waals surface area contributed by atoms with E-state index in [1.54, 1.807) is 30.3 Å². The molecule has 3 rings (SSSR count). The van der Waals surface area contributed by atoms with Crippen molar-refractivity contribution in [3.05, 3.63) is 76.5 Å². The van der Waals surface area contributed by atoms with Gasteiger partial charge in [-0.15, -0.1) is 5.10 Å². The summed E-state index contributed by atoms with van der Waals surface area (Å²) in [5, 5.41) is 3.89. The van der Waals surface area contributed by atoms with E-state index in [1.807, 2.05) is 10.9 Å². The van der Waals surface area contributed by atoms with E-state index >= 15 is 0 Å². The number of benzene rings is 2. The number of nitrogens with zero attached hydrogens (tertiary/aromatic N) is 2. The van der Waals surface area contributed by atoms with Crippen molar-refractivity contribution in [2.24, 2.45) is 0 Å². The van der Waals surface area contributed by atoms with Crippen LogP contribution in [0.5, 0.6) is 0 Å². The Morgan fingerprint density at radius 2 is 1.73 bits per heavy atom. The number of carbonyl (C=O) groups excluding carboxylic acids is 3. The lowest BCUT2D eigenvalue weighted by atomic mass is 10.2. The highest BCUT2D eigenvalue weighted by Crippen LogP contribution is 2.13. The number of esters is 1. The smallest absolute Gasteiger partial charge is 0.437 e. The van der Waals surface area contributed by atoms with E-state index in [-0.39, 0.29) is 11.5 Å². The predicted octanol–water partition coefficient (Wildman–Crippen LogP) is 0.647. The zero-order valence-electron chi connectivity index (χ0n) is 15.3. The average molecular weight is 414 g/mol. The van der Waals surface area contributed by atoms with Crippen LogP contribution in [0.3, 0.4) is 0 Å².